The van der Waals surface area contributed by atoms with E-state index in [9.17, 15) is 4.79 Å². The summed E-state index contributed by atoms with van der Waals surface area (Å²) in [4.78, 5) is 14.7. The van der Waals surface area contributed by atoms with Crippen molar-refractivity contribution in [2.75, 3.05) is 24.5 Å². The second-order valence-corrected chi connectivity index (χ2v) is 8.15. The molecule has 1 saturated heterocycles. The summed E-state index contributed by atoms with van der Waals surface area (Å²) in [6, 6.07) is 0. The molecule has 3 aliphatic rings. The Kier molecular flexibility index (Phi) is 3.80. The Bertz CT molecular complexity index is 520. The number of hydrogen-bond acceptors (Lipinski definition) is 5. The fourth-order valence-corrected chi connectivity index (χ4v) is 4.69. The number of rotatable bonds is 4. The molecule has 0 aromatic carbocycles. The lowest BCUT2D eigenvalue weighted by atomic mass is 9.76. The number of hydrogen-bond donors (Lipinski definition) is 1. The summed E-state index contributed by atoms with van der Waals surface area (Å²) in [5.74, 6) is 1.34. The van der Waals surface area contributed by atoms with Gasteiger partial charge in [0.1, 0.15) is 5.51 Å². The molecule has 2 saturated carbocycles. The second kappa shape index (κ2) is 5.80. The highest BCUT2D eigenvalue weighted by Gasteiger charge is 2.43. The molecule has 4 rings (SSSR count). The van der Waals surface area contributed by atoms with Gasteiger partial charge in [-0.3, -0.25) is 4.79 Å². The topological polar surface area (TPSA) is 58.1 Å². The van der Waals surface area contributed by atoms with E-state index < -0.39 is 0 Å². The van der Waals surface area contributed by atoms with E-state index in [0.29, 0.717) is 11.3 Å². The van der Waals surface area contributed by atoms with Crippen LogP contribution < -0.4 is 10.2 Å². The van der Waals surface area contributed by atoms with E-state index in [0.717, 1.165) is 43.5 Å². The van der Waals surface area contributed by atoms with Crippen molar-refractivity contribution in [3.63, 3.8) is 0 Å². The molecule has 1 aromatic rings. The number of aromatic nitrogens is 2. The molecule has 0 bridgehead atoms. The fraction of sp³-hybridized carbons (Fsp3) is 0.812. The largest absolute Gasteiger partial charge is 0.356 e. The van der Waals surface area contributed by atoms with E-state index in [1.807, 2.05) is 0 Å². The molecule has 1 aromatic heterocycles. The van der Waals surface area contributed by atoms with Gasteiger partial charge in [0, 0.05) is 25.6 Å². The van der Waals surface area contributed by atoms with E-state index in [-0.39, 0.29) is 5.92 Å². The molecular weight excluding hydrogens is 296 g/mol. The molecule has 6 heteroatoms. The van der Waals surface area contributed by atoms with E-state index >= 15 is 0 Å². The molecule has 120 valence electrons. The van der Waals surface area contributed by atoms with Crippen LogP contribution in [0.3, 0.4) is 0 Å². The van der Waals surface area contributed by atoms with Crippen molar-refractivity contribution in [1.29, 1.82) is 0 Å². The van der Waals surface area contributed by atoms with Gasteiger partial charge in [0.15, 0.2) is 0 Å². The number of anilines is 1. The molecule has 5 nitrogen and oxygen atoms in total. The second-order valence-electron chi connectivity index (χ2n) is 7.34. The molecule has 2 aliphatic carbocycles. The highest BCUT2D eigenvalue weighted by atomic mass is 32.1. The van der Waals surface area contributed by atoms with Crippen molar-refractivity contribution in [2.45, 2.75) is 44.9 Å². The predicted molar refractivity (Wildman–Crippen MR) is 86.9 cm³/mol. The van der Waals surface area contributed by atoms with Crippen molar-refractivity contribution < 1.29 is 4.79 Å². The van der Waals surface area contributed by atoms with Crippen LogP contribution in [0.15, 0.2) is 5.51 Å². The van der Waals surface area contributed by atoms with E-state index in [4.69, 9.17) is 0 Å². The van der Waals surface area contributed by atoms with Crippen LogP contribution >= 0.6 is 11.3 Å². The molecular formula is C16H24N4OS. The van der Waals surface area contributed by atoms with Gasteiger partial charge in [0.25, 0.3) is 0 Å². The van der Waals surface area contributed by atoms with Crippen molar-refractivity contribution in [1.82, 2.24) is 15.5 Å². The average molecular weight is 320 g/mol. The van der Waals surface area contributed by atoms with Crippen molar-refractivity contribution >= 4 is 22.4 Å². The first-order valence-electron chi connectivity index (χ1n) is 8.53. The van der Waals surface area contributed by atoms with Crippen LogP contribution in [0.5, 0.6) is 0 Å². The van der Waals surface area contributed by atoms with Crippen LogP contribution in [0.4, 0.5) is 5.13 Å². The lowest BCUT2D eigenvalue weighted by molar-refractivity contribution is -0.125. The fourth-order valence-electron chi connectivity index (χ4n) is 4.07. The van der Waals surface area contributed by atoms with Gasteiger partial charge in [0.05, 0.1) is 0 Å². The summed E-state index contributed by atoms with van der Waals surface area (Å²) in [6.45, 7) is 3.03. The van der Waals surface area contributed by atoms with E-state index in [2.05, 4.69) is 20.4 Å². The number of carbonyl (C=O) groups is 1. The molecule has 1 spiro atoms. The lowest BCUT2D eigenvalue weighted by Gasteiger charge is -2.39. The summed E-state index contributed by atoms with van der Waals surface area (Å²) in [6.07, 6.45) is 8.38. The first-order valence-corrected chi connectivity index (χ1v) is 9.41. The molecule has 1 N–H and O–H groups in total. The quantitative estimate of drug-likeness (QED) is 0.926. The highest BCUT2D eigenvalue weighted by molar-refractivity contribution is 7.13. The number of amides is 1. The Morgan fingerprint density at radius 1 is 1.32 bits per heavy atom. The minimum Gasteiger partial charge on any atom is -0.356 e. The summed E-state index contributed by atoms with van der Waals surface area (Å²) in [7, 11) is 0. The summed E-state index contributed by atoms with van der Waals surface area (Å²) >= 11 is 1.62. The van der Waals surface area contributed by atoms with Crippen LogP contribution in [0.25, 0.3) is 0 Å². The SMILES string of the molecule is O=C(NCC1CC1)[C@@H]1CCC2(CCN(c3nncs3)CC2)C1. The van der Waals surface area contributed by atoms with Gasteiger partial charge in [-0.1, -0.05) is 11.3 Å². The molecule has 22 heavy (non-hydrogen) atoms. The zero-order chi connectivity index (χ0) is 15.0. The standard InChI is InChI=1S/C16H24N4OS/c21-14(17-10-12-1-2-12)13-3-4-16(9-13)5-7-20(8-6-16)15-19-18-11-22-15/h11-13H,1-10H2,(H,17,21)/t13-/m1/s1. The Balaban J connectivity index is 1.29. The van der Waals surface area contributed by atoms with E-state index in [1.54, 1.807) is 16.8 Å². The van der Waals surface area contributed by atoms with Gasteiger partial charge in [-0.05, 0) is 56.3 Å². The Morgan fingerprint density at radius 3 is 2.82 bits per heavy atom. The molecule has 0 unspecified atom stereocenters. The van der Waals surface area contributed by atoms with Gasteiger partial charge >= 0.3 is 0 Å². The first-order chi connectivity index (χ1) is 10.7. The Morgan fingerprint density at radius 2 is 2.14 bits per heavy atom. The zero-order valence-electron chi connectivity index (χ0n) is 13.0. The van der Waals surface area contributed by atoms with Gasteiger partial charge in [-0.2, -0.15) is 0 Å². The zero-order valence-corrected chi connectivity index (χ0v) is 13.8. The minimum atomic E-state index is 0.256. The van der Waals surface area contributed by atoms with Gasteiger partial charge in [-0.25, -0.2) is 0 Å². The molecule has 1 amide bonds. The smallest absolute Gasteiger partial charge is 0.223 e. The molecule has 1 atom stereocenters. The third-order valence-electron chi connectivity index (χ3n) is 5.78. The summed E-state index contributed by atoms with van der Waals surface area (Å²) in [5.41, 5.74) is 2.21. The molecule has 3 fully saturated rings. The van der Waals surface area contributed by atoms with Crippen LogP contribution in [0.2, 0.25) is 0 Å². The van der Waals surface area contributed by atoms with Crippen molar-refractivity contribution in [3.05, 3.63) is 5.51 Å². The number of nitrogens with zero attached hydrogens (tertiary/aromatic N) is 3. The number of carbonyl (C=O) groups excluding carboxylic acids is 1. The molecule has 1 aliphatic heterocycles. The van der Waals surface area contributed by atoms with Crippen LogP contribution in [-0.2, 0) is 4.79 Å². The minimum absolute atomic E-state index is 0.256. The van der Waals surface area contributed by atoms with E-state index in [1.165, 1.54) is 32.1 Å². The number of nitrogens with one attached hydrogen (secondary N) is 1. The normalized spacial score (nSPS) is 27.3. The van der Waals surface area contributed by atoms with Gasteiger partial charge in [0.2, 0.25) is 11.0 Å². The molecule has 0 radical (unpaired) electrons. The molecule has 2 heterocycles. The van der Waals surface area contributed by atoms with Gasteiger partial charge < -0.3 is 10.2 Å². The number of piperidine rings is 1. The first kappa shape index (κ1) is 14.4. The monoisotopic (exact) mass is 320 g/mol. The maximum absolute atomic E-state index is 12.3. The highest BCUT2D eigenvalue weighted by Crippen LogP contribution is 2.49. The van der Waals surface area contributed by atoms with Crippen molar-refractivity contribution in [3.8, 4) is 0 Å². The van der Waals surface area contributed by atoms with Crippen molar-refractivity contribution in [2.24, 2.45) is 17.3 Å². The summed E-state index contributed by atoms with van der Waals surface area (Å²) in [5, 5.41) is 12.3. The van der Waals surface area contributed by atoms with Gasteiger partial charge in [-0.15, -0.1) is 10.2 Å². The van der Waals surface area contributed by atoms with Crippen LogP contribution in [0, 0.1) is 17.3 Å². The lowest BCUT2D eigenvalue weighted by Crippen LogP contribution is -2.39. The predicted octanol–water partition coefficient (Wildman–Crippen LogP) is 2.45. The van der Waals surface area contributed by atoms with Crippen LogP contribution in [0.1, 0.15) is 44.9 Å². The van der Waals surface area contributed by atoms with Crippen LogP contribution in [-0.4, -0.2) is 35.7 Å². The maximum atomic E-state index is 12.3. The maximum Gasteiger partial charge on any atom is 0.223 e. The third kappa shape index (κ3) is 2.98. The Hall–Kier alpha value is -1.17. The summed E-state index contributed by atoms with van der Waals surface area (Å²) < 4.78 is 0. The Labute approximate surface area is 135 Å². The third-order valence-corrected chi connectivity index (χ3v) is 6.53. The average Bonchev–Trinajstić information content (AvgIpc) is 3.04.